The van der Waals surface area contributed by atoms with Gasteiger partial charge in [-0.2, -0.15) is 0 Å². The zero-order chi connectivity index (χ0) is 15.8. The van der Waals surface area contributed by atoms with Crippen LogP contribution in [0.5, 0.6) is 0 Å². The van der Waals surface area contributed by atoms with Crippen molar-refractivity contribution in [2.75, 3.05) is 36.0 Å². The molecule has 0 amide bonds. The van der Waals surface area contributed by atoms with E-state index in [0.717, 1.165) is 31.8 Å². The number of piperazine rings is 1. The Morgan fingerprint density at radius 3 is 2.35 bits per heavy atom. The molecule has 3 aromatic rings. The number of fused-ring (bicyclic) bond motifs is 1. The molecule has 3 heterocycles. The van der Waals surface area contributed by atoms with Crippen LogP contribution in [-0.4, -0.2) is 35.7 Å². The SMILES string of the molecule is Cc1ccc(N2CCN(c3cn(C)c4ncccc34)CC2)cc1. The lowest BCUT2D eigenvalue weighted by molar-refractivity contribution is 0.654. The minimum Gasteiger partial charge on any atom is -0.368 e. The van der Waals surface area contributed by atoms with Crippen LogP contribution in [0.2, 0.25) is 0 Å². The molecule has 4 rings (SSSR count). The molecule has 4 heteroatoms. The van der Waals surface area contributed by atoms with Crippen molar-refractivity contribution in [2.45, 2.75) is 6.92 Å². The van der Waals surface area contributed by atoms with Crippen LogP contribution in [0, 0.1) is 6.92 Å². The van der Waals surface area contributed by atoms with Gasteiger partial charge < -0.3 is 14.4 Å². The second-order valence-corrected chi connectivity index (χ2v) is 6.31. The second-order valence-electron chi connectivity index (χ2n) is 6.31. The van der Waals surface area contributed by atoms with Crippen LogP contribution in [0.15, 0.2) is 48.8 Å². The Kier molecular flexibility index (Phi) is 3.45. The van der Waals surface area contributed by atoms with Gasteiger partial charge in [-0.25, -0.2) is 4.98 Å². The van der Waals surface area contributed by atoms with Crippen LogP contribution >= 0.6 is 0 Å². The van der Waals surface area contributed by atoms with Gasteiger partial charge in [-0.05, 0) is 31.2 Å². The molecule has 2 aromatic heterocycles. The van der Waals surface area contributed by atoms with E-state index in [-0.39, 0.29) is 0 Å². The highest BCUT2D eigenvalue weighted by Crippen LogP contribution is 2.28. The van der Waals surface area contributed by atoms with Crippen LogP contribution in [0.3, 0.4) is 0 Å². The first kappa shape index (κ1) is 14.1. The van der Waals surface area contributed by atoms with Crippen molar-refractivity contribution >= 4 is 22.4 Å². The number of anilines is 2. The average Bonchev–Trinajstić information content (AvgIpc) is 2.93. The van der Waals surface area contributed by atoms with Gasteiger partial charge in [0.15, 0.2) is 0 Å². The molecule has 0 aliphatic carbocycles. The molecule has 1 aliphatic heterocycles. The van der Waals surface area contributed by atoms with E-state index < -0.39 is 0 Å². The summed E-state index contributed by atoms with van der Waals surface area (Å²) in [4.78, 5) is 9.45. The fourth-order valence-corrected chi connectivity index (χ4v) is 3.41. The van der Waals surface area contributed by atoms with E-state index >= 15 is 0 Å². The Hall–Kier alpha value is -2.49. The lowest BCUT2D eigenvalue weighted by atomic mass is 10.2. The predicted molar refractivity (Wildman–Crippen MR) is 96.3 cm³/mol. The third-order valence-electron chi connectivity index (χ3n) is 4.73. The quantitative estimate of drug-likeness (QED) is 0.726. The largest absolute Gasteiger partial charge is 0.368 e. The van der Waals surface area contributed by atoms with Gasteiger partial charge in [-0.15, -0.1) is 0 Å². The summed E-state index contributed by atoms with van der Waals surface area (Å²) < 4.78 is 2.12. The summed E-state index contributed by atoms with van der Waals surface area (Å²) in [7, 11) is 2.07. The fraction of sp³-hybridized carbons (Fsp3) is 0.316. The normalized spacial score (nSPS) is 15.4. The van der Waals surface area contributed by atoms with Crippen LogP contribution in [0.1, 0.15) is 5.56 Å². The highest BCUT2D eigenvalue weighted by atomic mass is 15.3. The number of aryl methyl sites for hydroxylation is 2. The summed E-state index contributed by atoms with van der Waals surface area (Å²) >= 11 is 0. The summed E-state index contributed by atoms with van der Waals surface area (Å²) in [6.07, 6.45) is 4.07. The van der Waals surface area contributed by atoms with Gasteiger partial charge in [0.1, 0.15) is 5.65 Å². The van der Waals surface area contributed by atoms with Crippen molar-refractivity contribution in [3.8, 4) is 0 Å². The summed E-state index contributed by atoms with van der Waals surface area (Å²) in [5.41, 5.74) is 5.01. The molecule has 0 spiro atoms. The first-order valence-corrected chi connectivity index (χ1v) is 8.19. The maximum absolute atomic E-state index is 4.49. The van der Waals surface area contributed by atoms with Crippen molar-refractivity contribution in [3.63, 3.8) is 0 Å². The molecule has 1 saturated heterocycles. The molecule has 0 unspecified atom stereocenters. The maximum Gasteiger partial charge on any atom is 0.141 e. The lowest BCUT2D eigenvalue weighted by Gasteiger charge is -2.37. The van der Waals surface area contributed by atoms with Crippen LogP contribution < -0.4 is 9.80 Å². The minimum atomic E-state index is 1.04. The lowest BCUT2D eigenvalue weighted by Crippen LogP contribution is -2.46. The van der Waals surface area contributed by atoms with E-state index in [9.17, 15) is 0 Å². The van der Waals surface area contributed by atoms with Gasteiger partial charge in [0.2, 0.25) is 0 Å². The van der Waals surface area contributed by atoms with Crippen molar-refractivity contribution < 1.29 is 0 Å². The first-order chi connectivity index (χ1) is 11.2. The highest BCUT2D eigenvalue weighted by molar-refractivity contribution is 5.91. The summed E-state index contributed by atoms with van der Waals surface area (Å²) in [6, 6.07) is 13.0. The number of nitrogens with zero attached hydrogens (tertiary/aromatic N) is 4. The Labute approximate surface area is 137 Å². The number of aromatic nitrogens is 2. The Morgan fingerprint density at radius 1 is 0.913 bits per heavy atom. The maximum atomic E-state index is 4.49. The molecule has 118 valence electrons. The molecule has 0 saturated carbocycles. The Morgan fingerprint density at radius 2 is 1.61 bits per heavy atom. The third kappa shape index (κ3) is 2.54. The van der Waals surface area contributed by atoms with E-state index in [1.165, 1.54) is 22.3 Å². The van der Waals surface area contributed by atoms with Gasteiger partial charge in [0, 0.05) is 56.7 Å². The first-order valence-electron chi connectivity index (χ1n) is 8.19. The summed E-state index contributed by atoms with van der Waals surface area (Å²) in [5.74, 6) is 0. The highest BCUT2D eigenvalue weighted by Gasteiger charge is 2.20. The zero-order valence-corrected chi connectivity index (χ0v) is 13.7. The molecule has 1 aliphatic rings. The number of hydrogen-bond acceptors (Lipinski definition) is 3. The van der Waals surface area contributed by atoms with Gasteiger partial charge in [-0.3, -0.25) is 0 Å². The number of benzene rings is 1. The van der Waals surface area contributed by atoms with E-state index in [1.54, 1.807) is 0 Å². The molecule has 0 bridgehead atoms. The van der Waals surface area contributed by atoms with Crippen LogP contribution in [0.25, 0.3) is 11.0 Å². The number of rotatable bonds is 2. The molecule has 4 nitrogen and oxygen atoms in total. The van der Waals surface area contributed by atoms with E-state index in [0.29, 0.717) is 0 Å². The Bertz CT molecular complexity index is 811. The molecule has 1 aromatic carbocycles. The van der Waals surface area contributed by atoms with Crippen LogP contribution in [0.4, 0.5) is 11.4 Å². The van der Waals surface area contributed by atoms with E-state index in [2.05, 4.69) is 69.9 Å². The van der Waals surface area contributed by atoms with Gasteiger partial charge in [-0.1, -0.05) is 17.7 Å². The van der Waals surface area contributed by atoms with E-state index in [4.69, 9.17) is 0 Å². The third-order valence-corrected chi connectivity index (χ3v) is 4.73. The monoisotopic (exact) mass is 306 g/mol. The van der Waals surface area contributed by atoms with Gasteiger partial charge in [0.05, 0.1) is 5.69 Å². The van der Waals surface area contributed by atoms with Crippen molar-refractivity contribution in [2.24, 2.45) is 7.05 Å². The minimum absolute atomic E-state index is 1.04. The predicted octanol–water partition coefficient (Wildman–Crippen LogP) is 3.21. The molecule has 0 N–H and O–H groups in total. The van der Waals surface area contributed by atoms with Gasteiger partial charge in [0.25, 0.3) is 0 Å². The standard InChI is InChI=1S/C19H22N4/c1-15-5-7-16(8-6-15)22-10-12-23(13-11-22)18-14-21(2)19-17(18)4-3-9-20-19/h3-9,14H,10-13H2,1-2H3. The number of pyridine rings is 1. The van der Waals surface area contributed by atoms with Crippen LogP contribution in [-0.2, 0) is 7.05 Å². The van der Waals surface area contributed by atoms with Crippen molar-refractivity contribution in [1.29, 1.82) is 0 Å². The molecule has 1 fully saturated rings. The molecule has 0 atom stereocenters. The van der Waals surface area contributed by atoms with E-state index in [1.807, 2.05) is 12.3 Å². The molecular weight excluding hydrogens is 284 g/mol. The smallest absolute Gasteiger partial charge is 0.141 e. The summed E-state index contributed by atoms with van der Waals surface area (Å²) in [5, 5.41) is 1.25. The molecule has 23 heavy (non-hydrogen) atoms. The Balaban J connectivity index is 1.54. The average molecular weight is 306 g/mol. The molecular formula is C19H22N4. The molecule has 0 radical (unpaired) electrons. The topological polar surface area (TPSA) is 24.3 Å². The second kappa shape index (κ2) is 5.61. The zero-order valence-electron chi connectivity index (χ0n) is 13.7. The van der Waals surface area contributed by atoms with Crippen molar-refractivity contribution in [3.05, 3.63) is 54.4 Å². The summed E-state index contributed by atoms with van der Waals surface area (Å²) in [6.45, 7) is 6.33. The van der Waals surface area contributed by atoms with Crippen molar-refractivity contribution in [1.82, 2.24) is 9.55 Å². The van der Waals surface area contributed by atoms with Gasteiger partial charge >= 0.3 is 0 Å². The fourth-order valence-electron chi connectivity index (χ4n) is 3.41. The number of hydrogen-bond donors (Lipinski definition) is 0.